The number of likely N-dealkylation sites (tertiary alicyclic amines) is 1. The van der Waals surface area contributed by atoms with Crippen LogP contribution in [0.1, 0.15) is 58.3 Å². The molecule has 1 aliphatic rings. The molecular formula is C17H22N4O2. The minimum atomic E-state index is -0.532. The lowest BCUT2D eigenvalue weighted by molar-refractivity contribution is 0.0669. The molecule has 3 rings (SSSR count). The molecule has 23 heavy (non-hydrogen) atoms. The number of primary amides is 1. The highest BCUT2D eigenvalue weighted by atomic mass is 16.2. The second-order valence-corrected chi connectivity index (χ2v) is 6.07. The van der Waals surface area contributed by atoms with E-state index in [9.17, 15) is 9.59 Å². The Morgan fingerprint density at radius 2 is 2.13 bits per heavy atom. The highest BCUT2D eigenvalue weighted by molar-refractivity contribution is 5.98. The highest BCUT2D eigenvalue weighted by Crippen LogP contribution is 2.31. The first-order valence-electron chi connectivity index (χ1n) is 7.98. The first-order chi connectivity index (χ1) is 11.1. The smallest absolute Gasteiger partial charge is 0.270 e. The number of nitrogens with two attached hydrogens (primary N) is 1. The molecule has 1 atom stereocenters. The van der Waals surface area contributed by atoms with E-state index in [1.807, 2.05) is 24.2 Å². The van der Waals surface area contributed by atoms with Gasteiger partial charge in [0.1, 0.15) is 5.69 Å². The van der Waals surface area contributed by atoms with Crippen molar-refractivity contribution in [2.45, 2.75) is 31.7 Å². The van der Waals surface area contributed by atoms with Gasteiger partial charge in [-0.2, -0.15) is 0 Å². The lowest BCUT2D eigenvalue weighted by Gasteiger charge is -2.30. The van der Waals surface area contributed by atoms with Gasteiger partial charge < -0.3 is 20.2 Å². The van der Waals surface area contributed by atoms with Crippen LogP contribution in [0.15, 0.2) is 30.6 Å². The molecule has 0 aromatic carbocycles. The number of hydrogen-bond donors (Lipinski definition) is 2. The zero-order valence-corrected chi connectivity index (χ0v) is 13.3. The highest BCUT2D eigenvalue weighted by Gasteiger charge is 2.29. The normalized spacial score (nSPS) is 18.7. The fraction of sp³-hybridized carbons (Fsp3) is 0.412. The van der Waals surface area contributed by atoms with Crippen molar-refractivity contribution in [3.05, 3.63) is 47.5 Å². The van der Waals surface area contributed by atoms with Gasteiger partial charge in [0.15, 0.2) is 0 Å². The Morgan fingerprint density at radius 1 is 1.30 bits per heavy atom. The summed E-state index contributed by atoms with van der Waals surface area (Å²) < 4.78 is 2.07. The zero-order valence-electron chi connectivity index (χ0n) is 13.3. The molecule has 2 aromatic heterocycles. The van der Waals surface area contributed by atoms with Crippen LogP contribution >= 0.6 is 0 Å². The van der Waals surface area contributed by atoms with Crippen molar-refractivity contribution in [3.63, 3.8) is 0 Å². The van der Waals surface area contributed by atoms with Gasteiger partial charge in [0.2, 0.25) is 5.91 Å². The molecule has 0 bridgehead atoms. The Kier molecular flexibility index (Phi) is 4.23. The topological polar surface area (TPSA) is 84.1 Å². The number of hydrogen-bond acceptors (Lipinski definition) is 2. The van der Waals surface area contributed by atoms with Crippen molar-refractivity contribution < 1.29 is 9.59 Å². The molecule has 0 unspecified atom stereocenters. The van der Waals surface area contributed by atoms with Crippen molar-refractivity contribution in [3.8, 4) is 0 Å². The number of rotatable bonds is 3. The SMILES string of the molecule is Cn1cccc1[C@H]1CCCCCN1C(=O)c1cc(C(N)=O)c[nH]1. The number of aromatic nitrogens is 2. The van der Waals surface area contributed by atoms with Crippen molar-refractivity contribution >= 4 is 11.8 Å². The maximum absolute atomic E-state index is 12.9. The third kappa shape index (κ3) is 3.02. The minimum absolute atomic E-state index is 0.0605. The van der Waals surface area contributed by atoms with Crippen LogP contribution < -0.4 is 5.73 Å². The van der Waals surface area contributed by atoms with E-state index in [1.54, 1.807) is 0 Å². The minimum Gasteiger partial charge on any atom is -0.366 e. The van der Waals surface area contributed by atoms with Crippen LogP contribution in [0, 0.1) is 0 Å². The number of carbonyl (C=O) groups excluding carboxylic acids is 2. The van der Waals surface area contributed by atoms with Gasteiger partial charge >= 0.3 is 0 Å². The average molecular weight is 314 g/mol. The Labute approximate surface area is 135 Å². The molecule has 3 N–H and O–H groups in total. The Hall–Kier alpha value is -2.50. The molecule has 0 spiro atoms. The molecular weight excluding hydrogens is 292 g/mol. The van der Waals surface area contributed by atoms with E-state index in [4.69, 9.17) is 5.73 Å². The molecule has 2 amide bonds. The summed E-state index contributed by atoms with van der Waals surface area (Å²) in [5.74, 6) is -0.610. The zero-order chi connectivity index (χ0) is 16.4. The molecule has 122 valence electrons. The maximum Gasteiger partial charge on any atom is 0.270 e. The summed E-state index contributed by atoms with van der Waals surface area (Å²) in [6, 6.07) is 5.67. The van der Waals surface area contributed by atoms with E-state index in [1.165, 1.54) is 12.3 Å². The van der Waals surface area contributed by atoms with Crippen LogP contribution in [-0.4, -0.2) is 32.8 Å². The third-order valence-corrected chi connectivity index (χ3v) is 4.54. The number of H-pyrrole nitrogens is 1. The second kappa shape index (κ2) is 6.32. The van der Waals surface area contributed by atoms with Crippen LogP contribution in [0.5, 0.6) is 0 Å². The Morgan fingerprint density at radius 3 is 2.78 bits per heavy atom. The van der Waals surface area contributed by atoms with Gasteiger partial charge in [-0.25, -0.2) is 0 Å². The van der Waals surface area contributed by atoms with E-state index < -0.39 is 5.91 Å². The summed E-state index contributed by atoms with van der Waals surface area (Å²) in [6.45, 7) is 0.722. The van der Waals surface area contributed by atoms with Crippen molar-refractivity contribution in [2.75, 3.05) is 6.54 Å². The maximum atomic E-state index is 12.9. The molecule has 2 aromatic rings. The summed E-state index contributed by atoms with van der Waals surface area (Å²) in [5, 5.41) is 0. The fourth-order valence-electron chi connectivity index (χ4n) is 3.29. The number of nitrogens with one attached hydrogen (secondary N) is 1. The van der Waals surface area contributed by atoms with Gasteiger partial charge in [-0.3, -0.25) is 9.59 Å². The standard InChI is InChI=1S/C17H22N4O2/c1-20-8-5-7-14(20)15-6-3-2-4-9-21(15)17(23)13-10-12(11-19-13)16(18)22/h5,7-8,10-11,15,19H,2-4,6,9H2,1H3,(H2,18,22)/t15-/m1/s1. The van der Waals surface area contributed by atoms with E-state index in [2.05, 4.69) is 15.6 Å². The molecule has 3 heterocycles. The largest absolute Gasteiger partial charge is 0.366 e. The van der Waals surface area contributed by atoms with E-state index in [0.717, 1.165) is 37.9 Å². The van der Waals surface area contributed by atoms with Gasteiger partial charge in [0, 0.05) is 31.7 Å². The summed E-state index contributed by atoms with van der Waals surface area (Å²) in [7, 11) is 2.00. The molecule has 0 saturated carbocycles. The van der Waals surface area contributed by atoms with Crippen LogP contribution in [0.3, 0.4) is 0 Å². The second-order valence-electron chi connectivity index (χ2n) is 6.07. The quantitative estimate of drug-likeness (QED) is 0.910. The number of amides is 2. The monoisotopic (exact) mass is 314 g/mol. The summed E-state index contributed by atoms with van der Waals surface area (Å²) in [5.41, 5.74) is 7.16. The molecule has 6 heteroatoms. The predicted molar refractivity (Wildman–Crippen MR) is 87.0 cm³/mol. The molecule has 1 fully saturated rings. The number of nitrogens with zero attached hydrogens (tertiary/aromatic N) is 2. The van der Waals surface area contributed by atoms with Crippen molar-refractivity contribution in [2.24, 2.45) is 12.8 Å². The van der Waals surface area contributed by atoms with E-state index in [0.29, 0.717) is 11.3 Å². The van der Waals surface area contributed by atoms with Crippen LogP contribution in [0.4, 0.5) is 0 Å². The van der Waals surface area contributed by atoms with E-state index >= 15 is 0 Å². The van der Waals surface area contributed by atoms with Gasteiger partial charge in [-0.1, -0.05) is 12.8 Å². The molecule has 1 saturated heterocycles. The predicted octanol–water partition coefficient (Wildman–Crippen LogP) is 2.21. The number of aromatic amines is 1. The Balaban J connectivity index is 1.91. The molecule has 6 nitrogen and oxygen atoms in total. The lowest BCUT2D eigenvalue weighted by atomic mass is 10.1. The van der Waals surface area contributed by atoms with Crippen LogP contribution in [0.25, 0.3) is 0 Å². The van der Waals surface area contributed by atoms with E-state index in [-0.39, 0.29) is 11.9 Å². The molecule has 1 aliphatic heterocycles. The average Bonchev–Trinajstić information content (AvgIpc) is 3.11. The Bertz CT molecular complexity index is 716. The van der Waals surface area contributed by atoms with Gasteiger partial charge in [-0.05, 0) is 31.0 Å². The number of carbonyl (C=O) groups is 2. The van der Waals surface area contributed by atoms with Gasteiger partial charge in [-0.15, -0.1) is 0 Å². The molecule has 0 aliphatic carbocycles. The van der Waals surface area contributed by atoms with Crippen molar-refractivity contribution in [1.82, 2.24) is 14.5 Å². The molecule has 0 radical (unpaired) electrons. The number of aryl methyl sites for hydroxylation is 1. The summed E-state index contributed by atoms with van der Waals surface area (Å²) in [4.78, 5) is 29.0. The third-order valence-electron chi connectivity index (χ3n) is 4.54. The summed E-state index contributed by atoms with van der Waals surface area (Å²) in [6.07, 6.45) is 7.68. The fourth-order valence-corrected chi connectivity index (χ4v) is 3.29. The van der Waals surface area contributed by atoms with Crippen LogP contribution in [-0.2, 0) is 7.05 Å². The van der Waals surface area contributed by atoms with Crippen LogP contribution in [0.2, 0.25) is 0 Å². The lowest BCUT2D eigenvalue weighted by Crippen LogP contribution is -2.35. The first-order valence-corrected chi connectivity index (χ1v) is 7.98. The van der Waals surface area contributed by atoms with Gasteiger partial charge in [0.25, 0.3) is 5.91 Å². The van der Waals surface area contributed by atoms with Gasteiger partial charge in [0.05, 0.1) is 11.6 Å². The summed E-state index contributed by atoms with van der Waals surface area (Å²) >= 11 is 0. The van der Waals surface area contributed by atoms with Crippen molar-refractivity contribution in [1.29, 1.82) is 0 Å². The first kappa shape index (κ1) is 15.4.